The van der Waals surface area contributed by atoms with Crippen LogP contribution in [0.1, 0.15) is 87.7 Å². The number of phenolic OH excluding ortho intramolecular Hbond substituents is 2. The molecular weight excluding hydrogens is 594 g/mol. The lowest BCUT2D eigenvalue weighted by Gasteiger charge is -2.53. The summed E-state index contributed by atoms with van der Waals surface area (Å²) in [6, 6.07) is 1.42. The second-order valence-corrected chi connectivity index (χ2v) is 12.5. The average Bonchev–Trinajstić information content (AvgIpc) is 2.93. The normalized spacial score (nSPS) is 32.9. The third kappa shape index (κ3) is 4.13. The molecule has 5 N–H and O–H groups in total. The van der Waals surface area contributed by atoms with E-state index in [1.54, 1.807) is 19.0 Å². The summed E-state index contributed by atoms with van der Waals surface area (Å²) >= 11 is 0. The topological polar surface area (TPSA) is 210 Å². The first-order valence-electron chi connectivity index (χ1n) is 14.2. The van der Waals surface area contributed by atoms with Crippen molar-refractivity contribution in [2.24, 2.45) is 0 Å². The van der Waals surface area contributed by atoms with Crippen LogP contribution in [0.25, 0.3) is 0 Å². The number of hydrogen-bond acceptors (Lipinski definition) is 14. The van der Waals surface area contributed by atoms with Gasteiger partial charge in [0.15, 0.2) is 5.78 Å². The molecule has 0 amide bonds. The minimum atomic E-state index is -1.88. The molecule has 2 bridgehead atoms. The predicted octanol–water partition coefficient (Wildman–Crippen LogP) is 0.505. The van der Waals surface area contributed by atoms with E-state index >= 15 is 0 Å². The second-order valence-electron chi connectivity index (χ2n) is 12.5. The summed E-state index contributed by atoms with van der Waals surface area (Å²) in [4.78, 5) is 55.0. The van der Waals surface area contributed by atoms with Crippen LogP contribution in [0.5, 0.6) is 17.2 Å². The highest BCUT2D eigenvalue weighted by atomic mass is 16.7. The number of esters is 2. The lowest BCUT2D eigenvalue weighted by atomic mass is 9.68. The van der Waals surface area contributed by atoms with Crippen molar-refractivity contribution < 1.29 is 63.7 Å². The van der Waals surface area contributed by atoms with Crippen molar-refractivity contribution in [3.63, 3.8) is 0 Å². The number of phenols is 2. The zero-order valence-electron chi connectivity index (χ0n) is 25.3. The molecule has 1 fully saturated rings. The molecule has 2 aromatic carbocycles. The zero-order valence-corrected chi connectivity index (χ0v) is 25.3. The summed E-state index contributed by atoms with van der Waals surface area (Å²) in [7, 11) is 4.38. The van der Waals surface area contributed by atoms with Crippen LogP contribution >= 0.6 is 0 Å². The molecule has 14 nitrogen and oxygen atoms in total. The molecule has 2 aromatic rings. The Balaban J connectivity index is 1.61. The van der Waals surface area contributed by atoms with Crippen LogP contribution in [0.3, 0.4) is 0 Å². The van der Waals surface area contributed by atoms with Gasteiger partial charge in [0.05, 0.1) is 35.4 Å². The summed E-state index contributed by atoms with van der Waals surface area (Å²) in [6.07, 6.45) is -5.81. The first kappa shape index (κ1) is 30.9. The van der Waals surface area contributed by atoms with Crippen LogP contribution < -0.4 is 4.74 Å². The molecule has 0 saturated carbocycles. The van der Waals surface area contributed by atoms with Gasteiger partial charge in [-0.15, -0.1) is 0 Å². The Bertz CT molecular complexity index is 1700. The highest BCUT2D eigenvalue weighted by Crippen LogP contribution is 2.56. The first-order valence-corrected chi connectivity index (χ1v) is 14.2. The molecule has 1 saturated heterocycles. The van der Waals surface area contributed by atoms with Crippen LogP contribution in [0.15, 0.2) is 12.1 Å². The molecule has 6 rings (SSSR count). The van der Waals surface area contributed by atoms with Crippen molar-refractivity contribution >= 4 is 23.5 Å². The van der Waals surface area contributed by atoms with Gasteiger partial charge in [0.25, 0.3) is 0 Å². The molecule has 0 radical (unpaired) electrons. The molecule has 45 heavy (non-hydrogen) atoms. The fourth-order valence-electron chi connectivity index (χ4n) is 7.34. The Morgan fingerprint density at radius 2 is 1.71 bits per heavy atom. The van der Waals surface area contributed by atoms with Gasteiger partial charge in [-0.2, -0.15) is 0 Å². The Kier molecular flexibility index (Phi) is 6.84. The van der Waals surface area contributed by atoms with E-state index in [4.69, 9.17) is 18.9 Å². The Hall–Kier alpha value is -4.08. The van der Waals surface area contributed by atoms with Crippen LogP contribution in [0.2, 0.25) is 0 Å². The van der Waals surface area contributed by atoms with Gasteiger partial charge in [0.1, 0.15) is 47.1 Å². The molecule has 0 spiro atoms. The molecule has 8 atom stereocenters. The van der Waals surface area contributed by atoms with E-state index in [2.05, 4.69) is 0 Å². The van der Waals surface area contributed by atoms with Crippen LogP contribution in [-0.4, -0.2) is 105 Å². The van der Waals surface area contributed by atoms with E-state index in [-0.39, 0.29) is 34.4 Å². The summed E-state index contributed by atoms with van der Waals surface area (Å²) < 4.78 is 22.2. The third-order valence-electron chi connectivity index (χ3n) is 9.40. The molecule has 240 valence electrons. The molecule has 2 aliphatic heterocycles. The van der Waals surface area contributed by atoms with Crippen molar-refractivity contribution in [3.05, 3.63) is 51.1 Å². The number of aliphatic hydroxyl groups excluding tert-OH is 2. The molecule has 14 heteroatoms. The fourth-order valence-corrected chi connectivity index (χ4v) is 7.34. The lowest BCUT2D eigenvalue weighted by Crippen LogP contribution is -2.68. The Labute approximate surface area is 256 Å². The highest BCUT2D eigenvalue weighted by Gasteiger charge is 2.59. The van der Waals surface area contributed by atoms with E-state index in [0.29, 0.717) is 0 Å². The van der Waals surface area contributed by atoms with Gasteiger partial charge in [0.2, 0.25) is 12.1 Å². The molecule has 0 aromatic heterocycles. The van der Waals surface area contributed by atoms with Crippen LogP contribution in [0, 0.1) is 0 Å². The zero-order chi connectivity index (χ0) is 33.1. The number of rotatable bonds is 3. The maximum absolute atomic E-state index is 14.3. The van der Waals surface area contributed by atoms with E-state index in [1.165, 1.54) is 13.8 Å². The average molecular weight is 628 g/mol. The minimum Gasteiger partial charge on any atom is -0.507 e. The van der Waals surface area contributed by atoms with Crippen molar-refractivity contribution in [1.29, 1.82) is 0 Å². The van der Waals surface area contributed by atoms with Gasteiger partial charge in [-0.25, -0.2) is 0 Å². The standard InChI is InChI=1S/C31H33NO13/c1-10(33)43-15-9-30(2,41)20(28(40)42-6)11-7-12-17(23(36)16(11)15)24(37)18-14(34)8-13-26(19(18)22(12)35)44-29-25(38)21(32(4)5)27(39)31(13,3)45-29/h7-8,15,20-21,25,27,29,34,36,38-39,41H,9H2,1-6H3/t15-,20-,21-,25-,27+,29+,30-,31+/m0/s1. The van der Waals surface area contributed by atoms with E-state index in [9.17, 15) is 44.7 Å². The number of aliphatic hydroxyl groups is 3. The smallest absolute Gasteiger partial charge is 0.316 e. The number of ether oxygens (including phenoxy) is 4. The largest absolute Gasteiger partial charge is 0.507 e. The van der Waals surface area contributed by atoms with E-state index in [1.807, 2.05) is 0 Å². The number of benzene rings is 2. The summed E-state index contributed by atoms with van der Waals surface area (Å²) in [5.41, 5.74) is -5.53. The molecule has 4 aliphatic rings. The van der Waals surface area contributed by atoms with Gasteiger partial charge < -0.3 is 49.4 Å². The summed E-state index contributed by atoms with van der Waals surface area (Å²) in [5.74, 6) is -6.68. The highest BCUT2D eigenvalue weighted by molar-refractivity contribution is 6.31. The number of nitrogens with zero attached hydrogens (tertiary/aromatic N) is 1. The second kappa shape index (κ2) is 9.96. The van der Waals surface area contributed by atoms with E-state index in [0.717, 1.165) is 26.2 Å². The SMILES string of the molecule is COC(=O)[C@@H]1c2cc3c(c(O)c2[C@@H](OC(C)=O)C[C@]1(C)O)C(=O)c1c(O)cc2c(c1C3=O)O[C@@H]1O[C@@]2(C)[C@H](O)[C@@H](N(C)C)[C@@H]1O. The molecular formula is C31H33NO13. The van der Waals surface area contributed by atoms with Crippen molar-refractivity contribution in [2.75, 3.05) is 21.2 Å². The number of ketones is 2. The van der Waals surface area contributed by atoms with Crippen molar-refractivity contribution in [3.8, 4) is 17.2 Å². The van der Waals surface area contributed by atoms with E-state index < -0.39 is 99.5 Å². The van der Waals surface area contributed by atoms with Crippen LogP contribution in [-0.2, 0) is 29.4 Å². The Morgan fingerprint density at radius 3 is 2.31 bits per heavy atom. The number of fused-ring (bicyclic) bond motifs is 8. The molecule has 2 heterocycles. The summed E-state index contributed by atoms with van der Waals surface area (Å²) in [5, 5.41) is 56.5. The van der Waals surface area contributed by atoms with Crippen molar-refractivity contribution in [2.45, 2.75) is 75.0 Å². The van der Waals surface area contributed by atoms with Gasteiger partial charge in [-0.05, 0) is 45.6 Å². The third-order valence-corrected chi connectivity index (χ3v) is 9.40. The number of carbonyl (C=O) groups excluding carboxylic acids is 4. The monoisotopic (exact) mass is 627 g/mol. The van der Waals surface area contributed by atoms with Crippen molar-refractivity contribution in [1.82, 2.24) is 4.90 Å². The number of likely N-dealkylation sites (N-methyl/N-ethyl adjacent to an activating group) is 1. The summed E-state index contributed by atoms with van der Waals surface area (Å²) in [6.45, 7) is 3.92. The predicted molar refractivity (Wildman–Crippen MR) is 150 cm³/mol. The quantitative estimate of drug-likeness (QED) is 0.251. The number of methoxy groups -OCH3 is 1. The number of hydrogen-bond donors (Lipinski definition) is 5. The minimum absolute atomic E-state index is 0.0401. The lowest BCUT2D eigenvalue weighted by molar-refractivity contribution is -0.311. The van der Waals surface area contributed by atoms with Crippen LogP contribution in [0.4, 0.5) is 0 Å². The number of aromatic hydroxyl groups is 2. The van der Waals surface area contributed by atoms with Gasteiger partial charge >= 0.3 is 11.9 Å². The molecule has 0 unspecified atom stereocenters. The fraction of sp³-hybridized carbons (Fsp3) is 0.484. The first-order chi connectivity index (χ1) is 21.0. The van der Waals surface area contributed by atoms with Gasteiger partial charge in [0, 0.05) is 30.0 Å². The molecule has 2 aliphatic carbocycles. The Morgan fingerprint density at radius 1 is 1.04 bits per heavy atom. The van der Waals surface area contributed by atoms with Gasteiger partial charge in [-0.1, -0.05) is 0 Å². The maximum Gasteiger partial charge on any atom is 0.316 e. The van der Waals surface area contributed by atoms with Gasteiger partial charge in [-0.3, -0.25) is 19.2 Å². The maximum atomic E-state index is 14.3. The number of carbonyl (C=O) groups is 4.